The molecule has 2 aromatic heterocycles. The highest BCUT2D eigenvalue weighted by Gasteiger charge is 2.07. The third kappa shape index (κ3) is 4.77. The molecule has 136 valence electrons. The lowest BCUT2D eigenvalue weighted by Gasteiger charge is -2.18. The Hall–Kier alpha value is -2.51. The Bertz CT molecular complexity index is 870. The van der Waals surface area contributed by atoms with Crippen molar-refractivity contribution >= 4 is 23.0 Å². The minimum Gasteiger partial charge on any atom is -0.324 e. The van der Waals surface area contributed by atoms with Crippen LogP contribution in [-0.2, 0) is 13.0 Å². The average molecular weight is 369 g/mol. The van der Waals surface area contributed by atoms with Gasteiger partial charge in [0.25, 0.3) is 5.56 Å². The van der Waals surface area contributed by atoms with Crippen molar-refractivity contribution in [2.24, 2.45) is 0 Å². The fraction of sp³-hybridized carbons (Fsp3) is 0.316. The summed E-state index contributed by atoms with van der Waals surface area (Å²) in [5.41, 5.74) is 2.33. The van der Waals surface area contributed by atoms with Crippen LogP contribution < -0.4 is 10.9 Å². The van der Waals surface area contributed by atoms with Gasteiger partial charge in [0.1, 0.15) is 5.69 Å². The average Bonchev–Trinajstić information content (AvgIpc) is 3.16. The molecule has 0 unspecified atom stereocenters. The van der Waals surface area contributed by atoms with Crippen LogP contribution in [0.2, 0.25) is 0 Å². The molecule has 0 aliphatic heterocycles. The van der Waals surface area contributed by atoms with Crippen LogP contribution in [0.1, 0.15) is 30.0 Å². The summed E-state index contributed by atoms with van der Waals surface area (Å²) in [5, 5.41) is 13.2. The van der Waals surface area contributed by atoms with Crippen molar-refractivity contribution in [3.63, 3.8) is 0 Å². The van der Waals surface area contributed by atoms with E-state index in [9.17, 15) is 4.79 Å². The van der Waals surface area contributed by atoms with E-state index in [1.54, 1.807) is 11.3 Å². The molecule has 0 spiro atoms. The zero-order chi connectivity index (χ0) is 18.4. The molecule has 1 aromatic carbocycles. The van der Waals surface area contributed by atoms with Crippen molar-refractivity contribution in [1.82, 2.24) is 20.1 Å². The third-order valence-electron chi connectivity index (χ3n) is 4.20. The molecule has 6 nitrogen and oxygen atoms in total. The van der Waals surface area contributed by atoms with Crippen LogP contribution in [-0.4, -0.2) is 33.2 Å². The number of anilines is 2. The summed E-state index contributed by atoms with van der Waals surface area (Å²) < 4.78 is 0. The van der Waals surface area contributed by atoms with Gasteiger partial charge in [-0.1, -0.05) is 32.0 Å². The predicted octanol–water partition coefficient (Wildman–Crippen LogP) is 3.40. The second kappa shape index (κ2) is 8.73. The first-order valence-electron chi connectivity index (χ1n) is 8.74. The van der Waals surface area contributed by atoms with Crippen molar-refractivity contribution < 1.29 is 0 Å². The minimum atomic E-state index is -0.214. The Morgan fingerprint density at radius 1 is 1.12 bits per heavy atom. The SMILES string of the molecule is CCN(CC)Cc1ccc(Nc2nnc(Cc3cccs3)c(=O)[nH]2)cc1. The molecule has 0 aliphatic rings. The summed E-state index contributed by atoms with van der Waals surface area (Å²) >= 11 is 1.60. The van der Waals surface area contributed by atoms with E-state index >= 15 is 0 Å². The molecule has 0 aliphatic carbocycles. The Kier molecular flexibility index (Phi) is 6.14. The highest BCUT2D eigenvalue weighted by Crippen LogP contribution is 2.15. The van der Waals surface area contributed by atoms with Crippen LogP contribution in [0, 0.1) is 0 Å². The lowest BCUT2D eigenvalue weighted by Crippen LogP contribution is -2.22. The first kappa shape index (κ1) is 18.3. The number of hydrogen-bond donors (Lipinski definition) is 2. The van der Waals surface area contributed by atoms with Crippen molar-refractivity contribution in [2.45, 2.75) is 26.8 Å². The second-order valence-electron chi connectivity index (χ2n) is 5.99. The Morgan fingerprint density at radius 2 is 1.88 bits per heavy atom. The minimum absolute atomic E-state index is 0.214. The van der Waals surface area contributed by atoms with E-state index in [0.717, 1.165) is 30.2 Å². The van der Waals surface area contributed by atoms with Gasteiger partial charge in [-0.3, -0.25) is 14.7 Å². The van der Waals surface area contributed by atoms with Crippen LogP contribution >= 0.6 is 11.3 Å². The Morgan fingerprint density at radius 3 is 2.50 bits per heavy atom. The second-order valence-corrected chi connectivity index (χ2v) is 7.02. The number of thiophene rings is 1. The number of aromatic amines is 1. The first-order chi connectivity index (χ1) is 12.7. The van der Waals surface area contributed by atoms with Gasteiger partial charge in [0.2, 0.25) is 5.95 Å². The summed E-state index contributed by atoms with van der Waals surface area (Å²) in [5.74, 6) is 0.349. The van der Waals surface area contributed by atoms with E-state index in [4.69, 9.17) is 0 Å². The molecule has 0 bridgehead atoms. The molecule has 2 N–H and O–H groups in total. The molecule has 0 amide bonds. The van der Waals surface area contributed by atoms with E-state index in [2.05, 4.69) is 51.4 Å². The van der Waals surface area contributed by atoms with Crippen molar-refractivity contribution in [3.05, 3.63) is 68.3 Å². The van der Waals surface area contributed by atoms with Crippen molar-refractivity contribution in [3.8, 4) is 0 Å². The maximum Gasteiger partial charge on any atom is 0.274 e. The Labute approximate surface area is 156 Å². The molecule has 3 rings (SSSR count). The van der Waals surface area contributed by atoms with Crippen LogP contribution in [0.4, 0.5) is 11.6 Å². The van der Waals surface area contributed by atoms with Gasteiger partial charge in [-0.15, -0.1) is 21.5 Å². The van der Waals surface area contributed by atoms with Gasteiger partial charge < -0.3 is 5.32 Å². The fourth-order valence-electron chi connectivity index (χ4n) is 2.65. The quantitative estimate of drug-likeness (QED) is 0.637. The van der Waals surface area contributed by atoms with Gasteiger partial charge in [-0.2, -0.15) is 0 Å². The zero-order valence-corrected chi connectivity index (χ0v) is 15.8. The summed E-state index contributed by atoms with van der Waals surface area (Å²) in [7, 11) is 0. The van der Waals surface area contributed by atoms with Crippen LogP contribution in [0.3, 0.4) is 0 Å². The van der Waals surface area contributed by atoms with Gasteiger partial charge in [-0.25, -0.2) is 0 Å². The number of nitrogens with one attached hydrogen (secondary N) is 2. The van der Waals surface area contributed by atoms with E-state index in [1.807, 2.05) is 29.6 Å². The molecule has 26 heavy (non-hydrogen) atoms. The van der Waals surface area contributed by atoms with Gasteiger partial charge in [-0.05, 0) is 42.2 Å². The number of nitrogens with zero attached hydrogens (tertiary/aromatic N) is 3. The lowest BCUT2D eigenvalue weighted by atomic mass is 10.2. The first-order valence-corrected chi connectivity index (χ1v) is 9.62. The van der Waals surface area contributed by atoms with E-state index in [-0.39, 0.29) is 5.56 Å². The van der Waals surface area contributed by atoms with E-state index in [1.165, 1.54) is 5.56 Å². The van der Waals surface area contributed by atoms with Gasteiger partial charge in [0.15, 0.2) is 0 Å². The maximum absolute atomic E-state index is 12.2. The molecule has 0 fully saturated rings. The monoisotopic (exact) mass is 369 g/mol. The van der Waals surface area contributed by atoms with Crippen molar-refractivity contribution in [2.75, 3.05) is 18.4 Å². The molecule has 0 atom stereocenters. The largest absolute Gasteiger partial charge is 0.324 e. The molecule has 3 aromatic rings. The van der Waals surface area contributed by atoms with E-state index in [0.29, 0.717) is 18.1 Å². The molecule has 7 heteroatoms. The molecule has 2 heterocycles. The topological polar surface area (TPSA) is 73.9 Å². The summed E-state index contributed by atoms with van der Waals surface area (Å²) in [6.45, 7) is 7.32. The number of rotatable bonds is 8. The zero-order valence-electron chi connectivity index (χ0n) is 15.0. The van der Waals surface area contributed by atoms with Gasteiger partial charge in [0, 0.05) is 23.5 Å². The maximum atomic E-state index is 12.2. The highest BCUT2D eigenvalue weighted by atomic mass is 32.1. The molecular weight excluding hydrogens is 346 g/mol. The molecule has 0 saturated heterocycles. The van der Waals surface area contributed by atoms with E-state index < -0.39 is 0 Å². The van der Waals surface area contributed by atoms with Crippen LogP contribution in [0.25, 0.3) is 0 Å². The normalized spacial score (nSPS) is 11.0. The number of aromatic nitrogens is 3. The molecule has 0 saturated carbocycles. The number of hydrogen-bond acceptors (Lipinski definition) is 6. The standard InChI is InChI=1S/C19H23N5OS/c1-3-24(4-2)13-14-7-9-15(10-8-14)20-19-21-18(25)17(22-23-19)12-16-6-5-11-26-16/h5-11H,3-4,12-13H2,1-2H3,(H2,20,21,23,25). The summed E-state index contributed by atoms with van der Waals surface area (Å²) in [4.78, 5) is 18.4. The smallest absolute Gasteiger partial charge is 0.274 e. The molecule has 0 radical (unpaired) electrons. The van der Waals surface area contributed by atoms with Crippen molar-refractivity contribution in [1.29, 1.82) is 0 Å². The Balaban J connectivity index is 1.65. The third-order valence-corrected chi connectivity index (χ3v) is 5.08. The van der Waals surface area contributed by atoms with Gasteiger partial charge >= 0.3 is 0 Å². The van der Waals surface area contributed by atoms with Gasteiger partial charge in [0.05, 0.1) is 0 Å². The fourth-order valence-corrected chi connectivity index (χ4v) is 3.36. The van der Waals surface area contributed by atoms with Crippen LogP contribution in [0.5, 0.6) is 0 Å². The molecular formula is C19H23N5OS. The van der Waals surface area contributed by atoms with Crippen LogP contribution in [0.15, 0.2) is 46.6 Å². The highest BCUT2D eigenvalue weighted by molar-refractivity contribution is 7.09. The number of H-pyrrole nitrogens is 1. The summed E-state index contributed by atoms with van der Waals surface area (Å²) in [6, 6.07) is 12.1. The lowest BCUT2D eigenvalue weighted by molar-refractivity contribution is 0.296. The predicted molar refractivity (Wildman–Crippen MR) is 106 cm³/mol. The summed E-state index contributed by atoms with van der Waals surface area (Å²) in [6.07, 6.45) is 0.500. The number of benzene rings is 1.